The molecule has 6 heteroatoms. The van der Waals surface area contributed by atoms with Crippen molar-refractivity contribution in [3.05, 3.63) is 58.8 Å². The second-order valence-electron chi connectivity index (χ2n) is 10.5. The summed E-state index contributed by atoms with van der Waals surface area (Å²) < 4.78 is 8.36. The highest BCUT2D eigenvalue weighted by Crippen LogP contribution is 2.29. The van der Waals surface area contributed by atoms with Crippen molar-refractivity contribution in [2.45, 2.75) is 79.0 Å². The monoisotopic (exact) mass is 501 g/mol. The number of hydrogen-bond donors (Lipinski definition) is 1. The fourth-order valence-electron chi connectivity index (χ4n) is 5.20. The lowest BCUT2D eigenvalue weighted by Crippen LogP contribution is -2.29. The Kier molecular flexibility index (Phi) is 8.89. The van der Waals surface area contributed by atoms with Crippen LogP contribution in [0.1, 0.15) is 74.8 Å². The summed E-state index contributed by atoms with van der Waals surface area (Å²) in [5, 5.41) is 15.5. The molecule has 1 fully saturated rings. The number of aliphatic carboxylic acids is 1. The van der Waals surface area contributed by atoms with Crippen molar-refractivity contribution in [1.29, 1.82) is 0 Å². The highest BCUT2D eigenvalue weighted by Gasteiger charge is 2.19. The molecule has 6 nitrogen and oxygen atoms in total. The highest BCUT2D eigenvalue weighted by molar-refractivity contribution is 5.86. The molecular formula is C31H39N3O3. The van der Waals surface area contributed by atoms with Gasteiger partial charge in [-0.1, -0.05) is 50.5 Å². The normalized spacial score (nSPS) is 14.9. The van der Waals surface area contributed by atoms with E-state index in [0.29, 0.717) is 12.5 Å². The van der Waals surface area contributed by atoms with E-state index >= 15 is 0 Å². The molecule has 0 unspecified atom stereocenters. The summed E-state index contributed by atoms with van der Waals surface area (Å²) in [7, 11) is 0. The second-order valence-corrected chi connectivity index (χ2v) is 10.5. The quantitative estimate of drug-likeness (QED) is 0.338. The van der Waals surface area contributed by atoms with E-state index in [4.69, 9.17) is 9.84 Å². The molecule has 1 aliphatic rings. The molecule has 2 aromatic carbocycles. The lowest BCUT2D eigenvalue weighted by molar-refractivity contribution is -0.137. The number of fused-ring (bicyclic) bond motifs is 1. The first-order chi connectivity index (χ1) is 17.9. The SMILES string of the molecule is CC#C[C@@H](CC(=O)O)c1ccc(OCc2ccc3c(CN4CCCCC4)nn(CC(C)C)c3c2C)cc1. The third-order valence-corrected chi connectivity index (χ3v) is 7.09. The van der Waals surface area contributed by atoms with Crippen LogP contribution in [0.25, 0.3) is 10.9 Å². The smallest absolute Gasteiger partial charge is 0.304 e. The summed E-state index contributed by atoms with van der Waals surface area (Å²) in [5.41, 5.74) is 5.64. The molecule has 1 atom stereocenters. The number of hydrogen-bond acceptors (Lipinski definition) is 4. The Morgan fingerprint density at radius 1 is 1.11 bits per heavy atom. The molecule has 0 spiro atoms. The summed E-state index contributed by atoms with van der Waals surface area (Å²) in [6.07, 6.45) is 3.88. The summed E-state index contributed by atoms with van der Waals surface area (Å²) in [6.45, 7) is 12.9. The number of benzene rings is 2. The molecule has 37 heavy (non-hydrogen) atoms. The molecule has 3 aromatic rings. The van der Waals surface area contributed by atoms with Gasteiger partial charge in [0.15, 0.2) is 0 Å². The van der Waals surface area contributed by atoms with Gasteiger partial charge in [0.2, 0.25) is 0 Å². The minimum atomic E-state index is -0.852. The molecule has 0 bridgehead atoms. The van der Waals surface area contributed by atoms with Crippen LogP contribution in [0.2, 0.25) is 0 Å². The van der Waals surface area contributed by atoms with Gasteiger partial charge < -0.3 is 9.84 Å². The second kappa shape index (κ2) is 12.3. The number of carboxylic acids is 1. The molecule has 1 N–H and O–H groups in total. The minimum Gasteiger partial charge on any atom is -0.489 e. The summed E-state index contributed by atoms with van der Waals surface area (Å²) in [5.74, 6) is 5.92. The Morgan fingerprint density at radius 2 is 1.84 bits per heavy atom. The first-order valence-electron chi connectivity index (χ1n) is 13.4. The van der Waals surface area contributed by atoms with E-state index in [-0.39, 0.29) is 12.3 Å². The Bertz CT molecular complexity index is 1280. The third-order valence-electron chi connectivity index (χ3n) is 7.09. The zero-order valence-electron chi connectivity index (χ0n) is 22.6. The van der Waals surface area contributed by atoms with Crippen molar-refractivity contribution in [3.8, 4) is 17.6 Å². The summed E-state index contributed by atoms with van der Waals surface area (Å²) in [6, 6.07) is 12.0. The lowest BCUT2D eigenvalue weighted by atomic mass is 9.96. The molecule has 4 rings (SSSR count). The van der Waals surface area contributed by atoms with Gasteiger partial charge in [-0.15, -0.1) is 5.92 Å². The number of ether oxygens (including phenoxy) is 1. The highest BCUT2D eigenvalue weighted by atomic mass is 16.5. The molecule has 0 amide bonds. The van der Waals surface area contributed by atoms with Crippen LogP contribution >= 0.6 is 0 Å². The lowest BCUT2D eigenvalue weighted by Gasteiger charge is -2.25. The van der Waals surface area contributed by atoms with Gasteiger partial charge in [0, 0.05) is 18.5 Å². The molecule has 0 saturated carbocycles. The standard InChI is InChI=1S/C31H39N3O3/c1-5-9-25(18-30(35)36)24-10-13-27(14-11-24)37-21-26-12-15-28-29(20-33-16-7-6-8-17-33)32-34(19-22(2)3)31(28)23(26)4/h10-15,22,25H,6-8,16-21H2,1-4H3,(H,35,36)/t25-/m0/s1. The summed E-state index contributed by atoms with van der Waals surface area (Å²) >= 11 is 0. The van der Waals surface area contributed by atoms with Crippen LogP contribution in [0.4, 0.5) is 0 Å². The van der Waals surface area contributed by atoms with Crippen molar-refractivity contribution in [3.63, 3.8) is 0 Å². The molecule has 0 aliphatic carbocycles. The number of rotatable bonds is 10. The van der Waals surface area contributed by atoms with Crippen molar-refractivity contribution in [2.75, 3.05) is 13.1 Å². The van der Waals surface area contributed by atoms with E-state index in [1.807, 2.05) is 24.3 Å². The zero-order chi connectivity index (χ0) is 26.4. The van der Waals surface area contributed by atoms with E-state index in [9.17, 15) is 9.90 Å². The molecule has 2 heterocycles. The van der Waals surface area contributed by atoms with Crippen molar-refractivity contribution >= 4 is 16.9 Å². The molecule has 196 valence electrons. The number of carbonyl (C=O) groups is 1. The number of aromatic nitrogens is 2. The Balaban J connectivity index is 1.53. The number of likely N-dealkylation sites (tertiary alicyclic amines) is 1. The van der Waals surface area contributed by atoms with Gasteiger partial charge in [0.1, 0.15) is 12.4 Å². The largest absolute Gasteiger partial charge is 0.489 e. The van der Waals surface area contributed by atoms with Crippen LogP contribution in [0.15, 0.2) is 36.4 Å². The Labute approximate surface area is 220 Å². The fraction of sp³-hybridized carbons (Fsp3) is 0.484. The van der Waals surface area contributed by atoms with Crippen LogP contribution in [0, 0.1) is 24.7 Å². The third kappa shape index (κ3) is 6.72. The summed E-state index contributed by atoms with van der Waals surface area (Å²) in [4.78, 5) is 13.7. The van der Waals surface area contributed by atoms with Gasteiger partial charge in [-0.3, -0.25) is 14.4 Å². The molecule has 0 radical (unpaired) electrons. The van der Waals surface area contributed by atoms with Gasteiger partial charge in [-0.25, -0.2) is 0 Å². The maximum atomic E-state index is 11.2. The van der Waals surface area contributed by atoms with Crippen LogP contribution in [0.5, 0.6) is 5.75 Å². The van der Waals surface area contributed by atoms with E-state index in [1.54, 1.807) is 6.92 Å². The number of nitrogens with zero attached hydrogens (tertiary/aromatic N) is 3. The van der Waals surface area contributed by atoms with E-state index < -0.39 is 5.97 Å². The van der Waals surface area contributed by atoms with E-state index in [0.717, 1.165) is 43.1 Å². The van der Waals surface area contributed by atoms with Gasteiger partial charge in [0.25, 0.3) is 0 Å². The Morgan fingerprint density at radius 3 is 2.49 bits per heavy atom. The molecule has 1 aromatic heterocycles. The van der Waals surface area contributed by atoms with Gasteiger partial charge in [-0.05, 0) is 74.5 Å². The molecule has 1 saturated heterocycles. The minimum absolute atomic E-state index is 0.00986. The number of carboxylic acid groups (broad SMARTS) is 1. The van der Waals surface area contributed by atoms with Gasteiger partial charge in [-0.2, -0.15) is 5.10 Å². The Hall–Kier alpha value is -3.30. The van der Waals surface area contributed by atoms with Crippen molar-refractivity contribution in [2.24, 2.45) is 5.92 Å². The van der Waals surface area contributed by atoms with E-state index in [2.05, 4.69) is 54.3 Å². The van der Waals surface area contributed by atoms with Gasteiger partial charge in [0.05, 0.1) is 23.5 Å². The topological polar surface area (TPSA) is 67.6 Å². The van der Waals surface area contributed by atoms with E-state index in [1.165, 1.54) is 41.4 Å². The fourth-order valence-corrected chi connectivity index (χ4v) is 5.20. The first-order valence-corrected chi connectivity index (χ1v) is 13.4. The average Bonchev–Trinajstić information content (AvgIpc) is 3.21. The van der Waals surface area contributed by atoms with Gasteiger partial charge >= 0.3 is 5.97 Å². The van der Waals surface area contributed by atoms with Crippen molar-refractivity contribution < 1.29 is 14.6 Å². The zero-order valence-corrected chi connectivity index (χ0v) is 22.6. The maximum Gasteiger partial charge on any atom is 0.304 e. The van der Waals surface area contributed by atoms with Crippen molar-refractivity contribution in [1.82, 2.24) is 14.7 Å². The van der Waals surface area contributed by atoms with Crippen LogP contribution in [0.3, 0.4) is 0 Å². The number of aryl methyl sites for hydroxylation is 1. The van der Waals surface area contributed by atoms with Crippen LogP contribution < -0.4 is 4.74 Å². The first kappa shape index (κ1) is 26.8. The van der Waals surface area contributed by atoms with Crippen LogP contribution in [-0.2, 0) is 24.5 Å². The average molecular weight is 502 g/mol. The maximum absolute atomic E-state index is 11.2. The molecule has 1 aliphatic heterocycles. The number of piperidine rings is 1. The predicted molar refractivity (Wildman–Crippen MR) is 148 cm³/mol. The molecular weight excluding hydrogens is 462 g/mol. The predicted octanol–water partition coefficient (Wildman–Crippen LogP) is 6.15. The van der Waals surface area contributed by atoms with Crippen LogP contribution in [-0.4, -0.2) is 38.8 Å².